The molecule has 0 fully saturated rings. The van der Waals surface area contributed by atoms with Gasteiger partial charge in [-0.15, -0.1) is 0 Å². The lowest BCUT2D eigenvalue weighted by atomic mass is 9.89. The molecule has 0 spiro atoms. The molecule has 0 radical (unpaired) electrons. The van der Waals surface area contributed by atoms with E-state index in [2.05, 4.69) is 26.5 Å². The molecule has 13 heteroatoms. The second-order valence-corrected chi connectivity index (χ2v) is 10.9. The number of hydrogen-bond acceptors (Lipinski definition) is 8. The molecule has 0 unspecified atom stereocenters. The van der Waals surface area contributed by atoms with Gasteiger partial charge in [0, 0.05) is 29.4 Å². The number of benzene rings is 4. The topological polar surface area (TPSA) is 155 Å². The van der Waals surface area contributed by atoms with Crippen LogP contribution in [0.1, 0.15) is 38.8 Å². The van der Waals surface area contributed by atoms with Crippen molar-refractivity contribution in [1.29, 1.82) is 0 Å². The fourth-order valence-corrected chi connectivity index (χ4v) is 4.95. The van der Waals surface area contributed by atoms with Gasteiger partial charge in [-0.25, -0.2) is 4.79 Å². The standard InChI is InChI=1S/C34H25Cl2N5O6/c1-18(42)37-21-11-13-22(14-12-21)38-33(45)25-16-19-6-3-4-7-23(19)30(31(25)43)41-40-28-17-20(10-15-24(28)34(46)47-2)32(44)39-27-9-5-8-26(35)29(27)36/h3-17,40H,1-2H3,(H,37,42)(H,38,45)(H,39,44)/b41-30+. The van der Waals surface area contributed by atoms with E-state index in [1.165, 1.54) is 38.3 Å². The quantitative estimate of drug-likeness (QED) is 0.0959. The highest BCUT2D eigenvalue weighted by Gasteiger charge is 2.30. The number of halogens is 2. The number of anilines is 4. The number of amides is 3. The highest BCUT2D eigenvalue weighted by Crippen LogP contribution is 2.30. The fraction of sp³-hybridized carbons (Fsp3) is 0.0588. The Kier molecular flexibility index (Phi) is 9.79. The third-order valence-electron chi connectivity index (χ3n) is 6.86. The zero-order chi connectivity index (χ0) is 33.7. The first-order valence-electron chi connectivity index (χ1n) is 13.9. The number of rotatable bonds is 8. The van der Waals surface area contributed by atoms with Crippen LogP contribution >= 0.6 is 23.2 Å². The maximum atomic E-state index is 13.7. The summed E-state index contributed by atoms with van der Waals surface area (Å²) in [5.41, 5.74) is 4.84. The van der Waals surface area contributed by atoms with Gasteiger partial charge in [0.25, 0.3) is 11.8 Å². The lowest BCUT2D eigenvalue weighted by Gasteiger charge is -2.18. The highest BCUT2D eigenvalue weighted by atomic mass is 35.5. The lowest BCUT2D eigenvalue weighted by Crippen LogP contribution is -2.30. The van der Waals surface area contributed by atoms with Crippen molar-refractivity contribution in [2.24, 2.45) is 5.10 Å². The van der Waals surface area contributed by atoms with Gasteiger partial charge in [0.2, 0.25) is 11.7 Å². The molecule has 236 valence electrons. The van der Waals surface area contributed by atoms with Gasteiger partial charge in [0.05, 0.1) is 39.7 Å². The summed E-state index contributed by atoms with van der Waals surface area (Å²) in [6.45, 7) is 1.38. The van der Waals surface area contributed by atoms with E-state index in [1.54, 1.807) is 66.7 Å². The summed E-state index contributed by atoms with van der Waals surface area (Å²) in [5, 5.41) is 12.7. The Bertz CT molecular complexity index is 2010. The number of fused-ring (bicyclic) bond motifs is 1. The number of methoxy groups -OCH3 is 1. The van der Waals surface area contributed by atoms with Crippen LogP contribution in [-0.2, 0) is 19.1 Å². The van der Waals surface area contributed by atoms with Gasteiger partial charge in [-0.3, -0.25) is 24.6 Å². The van der Waals surface area contributed by atoms with Crippen molar-refractivity contribution in [3.63, 3.8) is 0 Å². The van der Waals surface area contributed by atoms with Crippen molar-refractivity contribution in [2.45, 2.75) is 6.92 Å². The molecule has 0 atom stereocenters. The van der Waals surface area contributed by atoms with Crippen molar-refractivity contribution in [3.05, 3.63) is 123 Å². The minimum absolute atomic E-state index is 0.0296. The lowest BCUT2D eigenvalue weighted by molar-refractivity contribution is -0.117. The molecule has 11 nitrogen and oxygen atoms in total. The highest BCUT2D eigenvalue weighted by molar-refractivity contribution is 6.59. The maximum absolute atomic E-state index is 13.7. The first kappa shape index (κ1) is 32.6. The summed E-state index contributed by atoms with van der Waals surface area (Å²) in [4.78, 5) is 64.0. The predicted molar refractivity (Wildman–Crippen MR) is 181 cm³/mol. The largest absolute Gasteiger partial charge is 0.465 e. The monoisotopic (exact) mass is 669 g/mol. The number of hydrazone groups is 1. The minimum atomic E-state index is -0.725. The number of nitrogens with zero attached hydrogens (tertiary/aromatic N) is 1. The predicted octanol–water partition coefficient (Wildman–Crippen LogP) is 6.41. The smallest absolute Gasteiger partial charge is 0.340 e. The third-order valence-corrected chi connectivity index (χ3v) is 7.68. The Balaban J connectivity index is 1.44. The molecule has 4 N–H and O–H groups in total. The van der Waals surface area contributed by atoms with Crippen molar-refractivity contribution in [1.82, 2.24) is 0 Å². The van der Waals surface area contributed by atoms with Gasteiger partial charge in [0.15, 0.2) is 0 Å². The normalized spacial score (nSPS) is 12.8. The summed E-state index contributed by atoms with van der Waals surface area (Å²) in [6.07, 6.45) is 1.46. The van der Waals surface area contributed by atoms with Gasteiger partial charge in [-0.2, -0.15) is 5.10 Å². The van der Waals surface area contributed by atoms with Crippen molar-refractivity contribution < 1.29 is 28.7 Å². The molecule has 0 aromatic heterocycles. The fourth-order valence-electron chi connectivity index (χ4n) is 4.60. The molecule has 47 heavy (non-hydrogen) atoms. The minimum Gasteiger partial charge on any atom is -0.465 e. The Hall–Kier alpha value is -5.78. The molecular formula is C34H25Cl2N5O6. The van der Waals surface area contributed by atoms with Crippen LogP contribution < -0.4 is 21.4 Å². The van der Waals surface area contributed by atoms with Gasteiger partial charge < -0.3 is 20.7 Å². The van der Waals surface area contributed by atoms with E-state index in [4.69, 9.17) is 27.9 Å². The Morgan fingerprint density at radius 1 is 0.766 bits per heavy atom. The second kappa shape index (κ2) is 14.1. The van der Waals surface area contributed by atoms with Crippen LogP contribution in [0.15, 0.2) is 95.6 Å². The van der Waals surface area contributed by atoms with Gasteiger partial charge in [-0.1, -0.05) is 53.5 Å². The van der Waals surface area contributed by atoms with Crippen LogP contribution in [0.4, 0.5) is 22.7 Å². The van der Waals surface area contributed by atoms with E-state index >= 15 is 0 Å². The number of Topliss-reactive ketones (excluding diaryl/α,β-unsaturated/α-hetero) is 1. The first-order chi connectivity index (χ1) is 22.5. The average molecular weight is 671 g/mol. The van der Waals surface area contributed by atoms with E-state index in [0.717, 1.165) is 0 Å². The van der Waals surface area contributed by atoms with E-state index in [9.17, 15) is 24.0 Å². The number of nitrogens with one attached hydrogen (secondary N) is 4. The van der Waals surface area contributed by atoms with Gasteiger partial charge in [-0.05, 0) is 66.2 Å². The molecule has 0 saturated carbocycles. The van der Waals surface area contributed by atoms with Crippen molar-refractivity contribution in [2.75, 3.05) is 28.5 Å². The molecule has 1 aliphatic carbocycles. The number of ketones is 1. The zero-order valence-electron chi connectivity index (χ0n) is 24.8. The molecule has 0 aliphatic heterocycles. The zero-order valence-corrected chi connectivity index (χ0v) is 26.3. The second-order valence-electron chi connectivity index (χ2n) is 10.1. The molecule has 0 bridgehead atoms. The number of hydrogen-bond donors (Lipinski definition) is 4. The first-order valence-corrected chi connectivity index (χ1v) is 14.7. The van der Waals surface area contributed by atoms with Gasteiger partial charge >= 0.3 is 5.97 Å². The molecule has 3 amide bonds. The van der Waals surface area contributed by atoms with E-state index in [1.807, 2.05) is 0 Å². The molecule has 5 rings (SSSR count). The van der Waals surface area contributed by atoms with Crippen LogP contribution in [-0.4, -0.2) is 42.3 Å². The van der Waals surface area contributed by atoms with Gasteiger partial charge in [0.1, 0.15) is 5.71 Å². The molecule has 4 aromatic carbocycles. The summed E-state index contributed by atoms with van der Waals surface area (Å²) in [6, 6.07) is 22.1. The van der Waals surface area contributed by atoms with E-state index in [0.29, 0.717) is 22.5 Å². The Labute approximate surface area is 278 Å². The summed E-state index contributed by atoms with van der Waals surface area (Å²) in [5.74, 6) is -2.90. The summed E-state index contributed by atoms with van der Waals surface area (Å²) >= 11 is 12.3. The molecule has 0 saturated heterocycles. The molecule has 0 heterocycles. The average Bonchev–Trinajstić information content (AvgIpc) is 3.06. The number of esters is 1. The van der Waals surface area contributed by atoms with E-state index in [-0.39, 0.29) is 49.7 Å². The van der Waals surface area contributed by atoms with Crippen LogP contribution in [0.5, 0.6) is 0 Å². The van der Waals surface area contributed by atoms with Crippen LogP contribution in [0.2, 0.25) is 10.0 Å². The van der Waals surface area contributed by atoms with Crippen LogP contribution in [0.3, 0.4) is 0 Å². The Morgan fingerprint density at radius 3 is 2.17 bits per heavy atom. The molecule has 4 aromatic rings. The van der Waals surface area contributed by atoms with Crippen molar-refractivity contribution in [3.8, 4) is 0 Å². The van der Waals surface area contributed by atoms with Crippen LogP contribution in [0, 0.1) is 0 Å². The number of ether oxygens (including phenoxy) is 1. The summed E-state index contributed by atoms with van der Waals surface area (Å²) in [7, 11) is 1.20. The molecular weight excluding hydrogens is 645 g/mol. The van der Waals surface area contributed by atoms with Crippen LogP contribution in [0.25, 0.3) is 6.08 Å². The Morgan fingerprint density at radius 2 is 1.47 bits per heavy atom. The third kappa shape index (κ3) is 7.38. The van der Waals surface area contributed by atoms with Crippen molar-refractivity contribution >= 4 is 87.2 Å². The SMILES string of the molecule is COC(=O)c1ccc(C(=O)Nc2cccc(Cl)c2Cl)cc1N/N=C1/C(=O)C(C(=O)Nc2ccc(NC(C)=O)cc2)=Cc2ccccc21. The maximum Gasteiger partial charge on any atom is 0.340 e. The van der Waals surface area contributed by atoms with E-state index < -0.39 is 23.6 Å². The molecule has 1 aliphatic rings. The number of carbonyl (C=O) groups is 5. The summed E-state index contributed by atoms with van der Waals surface area (Å²) < 4.78 is 4.89. The number of carbonyl (C=O) groups excluding carboxylic acids is 5.